The minimum atomic E-state index is -2.31. The van der Waals surface area contributed by atoms with Crippen LogP contribution in [0.5, 0.6) is 0 Å². The molecule has 234 valence electrons. The molecule has 0 amide bonds. The van der Waals surface area contributed by atoms with Gasteiger partial charge in [0.05, 0.1) is 23.6 Å². The van der Waals surface area contributed by atoms with Crippen LogP contribution in [0.4, 0.5) is 0 Å². The number of esters is 1. The molecule has 0 N–H and O–H groups in total. The number of allylic oxidation sites excluding steroid dienone is 1. The van der Waals surface area contributed by atoms with Crippen LogP contribution in [0.1, 0.15) is 105 Å². The van der Waals surface area contributed by atoms with Crippen molar-refractivity contribution in [1.82, 2.24) is 9.55 Å². The SMILES string of the molecule is Cc1nc2cc([C@@H]3C/C=C/CCCC(C)[C@H](C)C(C)C(=O)C(C)(C)[C@@H](O[Si](C)(C)C(C)(C)C)CC(=O)O3)ccc2n1C. The van der Waals surface area contributed by atoms with Crippen LogP contribution in [0, 0.1) is 30.1 Å². The summed E-state index contributed by atoms with van der Waals surface area (Å²) >= 11 is 0. The minimum absolute atomic E-state index is 0.0348. The molecule has 6 nitrogen and oxygen atoms in total. The summed E-state index contributed by atoms with van der Waals surface area (Å²) in [6.07, 6.45) is 7.04. The van der Waals surface area contributed by atoms with E-state index in [0.29, 0.717) is 12.3 Å². The number of ether oxygens (including phenoxy) is 1. The van der Waals surface area contributed by atoms with Crippen LogP contribution in [0.25, 0.3) is 11.0 Å². The maximum Gasteiger partial charge on any atom is 0.309 e. The predicted octanol–water partition coefficient (Wildman–Crippen LogP) is 8.88. The van der Waals surface area contributed by atoms with Crippen molar-refractivity contribution in [2.45, 2.75) is 125 Å². The van der Waals surface area contributed by atoms with Crippen LogP contribution in [-0.2, 0) is 25.8 Å². The summed E-state index contributed by atoms with van der Waals surface area (Å²) < 4.78 is 15.2. The highest BCUT2D eigenvalue weighted by Crippen LogP contribution is 2.43. The molecule has 0 saturated carbocycles. The molecule has 0 radical (unpaired) electrons. The molecule has 0 saturated heterocycles. The third kappa shape index (κ3) is 7.63. The first kappa shape index (κ1) is 34.2. The number of carbonyl (C=O) groups excluding carboxylic acids is 2. The molecule has 1 aromatic heterocycles. The monoisotopic (exact) mass is 596 g/mol. The molecule has 5 atom stereocenters. The number of nitrogens with zero attached hydrogens (tertiary/aromatic N) is 2. The van der Waals surface area contributed by atoms with E-state index < -0.39 is 25.9 Å². The van der Waals surface area contributed by atoms with E-state index in [0.717, 1.165) is 41.7 Å². The van der Waals surface area contributed by atoms with Crippen molar-refractivity contribution in [3.8, 4) is 0 Å². The second kappa shape index (κ2) is 13.2. The summed E-state index contributed by atoms with van der Waals surface area (Å²) in [7, 11) is -0.305. The van der Waals surface area contributed by atoms with Gasteiger partial charge in [0.15, 0.2) is 8.32 Å². The van der Waals surface area contributed by atoms with Gasteiger partial charge in [-0.05, 0) is 67.4 Å². The first-order valence-electron chi connectivity index (χ1n) is 15.9. The summed E-state index contributed by atoms with van der Waals surface area (Å²) in [5, 5.41) is -0.0672. The fourth-order valence-electron chi connectivity index (χ4n) is 5.76. The fourth-order valence-corrected chi connectivity index (χ4v) is 7.20. The number of cyclic esters (lactones) is 1. The summed E-state index contributed by atoms with van der Waals surface area (Å²) in [6, 6.07) is 6.12. The molecular formula is C35H56N2O4Si. The average Bonchev–Trinajstić information content (AvgIpc) is 3.18. The Kier molecular flexibility index (Phi) is 10.7. The largest absolute Gasteiger partial charge is 0.457 e. The van der Waals surface area contributed by atoms with E-state index in [1.807, 2.05) is 40.0 Å². The Morgan fingerprint density at radius 2 is 1.76 bits per heavy atom. The van der Waals surface area contributed by atoms with Crippen LogP contribution in [-0.4, -0.2) is 35.7 Å². The predicted molar refractivity (Wildman–Crippen MR) is 175 cm³/mol. The first-order valence-corrected chi connectivity index (χ1v) is 18.8. The lowest BCUT2D eigenvalue weighted by atomic mass is 9.70. The lowest BCUT2D eigenvalue weighted by Gasteiger charge is -2.44. The molecule has 2 unspecified atom stereocenters. The molecule has 1 aliphatic rings. The highest BCUT2D eigenvalue weighted by Gasteiger charge is 2.48. The zero-order valence-electron chi connectivity index (χ0n) is 28.3. The Labute approximate surface area is 255 Å². The molecule has 3 rings (SSSR count). The highest BCUT2D eigenvalue weighted by molar-refractivity contribution is 6.74. The van der Waals surface area contributed by atoms with Crippen molar-refractivity contribution < 1.29 is 18.8 Å². The van der Waals surface area contributed by atoms with Gasteiger partial charge in [-0.2, -0.15) is 0 Å². The van der Waals surface area contributed by atoms with E-state index in [9.17, 15) is 9.59 Å². The molecule has 1 aliphatic heterocycles. The third-order valence-electron chi connectivity index (χ3n) is 10.5. The van der Waals surface area contributed by atoms with E-state index in [1.54, 1.807) is 0 Å². The number of aryl methyl sites for hydroxylation is 2. The number of fused-ring (bicyclic) bond motifs is 1. The number of aromatic nitrogens is 2. The number of hydrogen-bond donors (Lipinski definition) is 0. The molecule has 2 aromatic rings. The first-order chi connectivity index (χ1) is 19.4. The van der Waals surface area contributed by atoms with E-state index in [2.05, 4.69) is 77.4 Å². The van der Waals surface area contributed by atoms with Crippen LogP contribution in [0.15, 0.2) is 30.4 Å². The lowest BCUT2D eigenvalue weighted by molar-refractivity contribution is -0.155. The van der Waals surface area contributed by atoms with Gasteiger partial charge in [-0.1, -0.05) is 80.0 Å². The minimum Gasteiger partial charge on any atom is -0.457 e. The average molecular weight is 597 g/mol. The zero-order chi connectivity index (χ0) is 31.6. The Balaban J connectivity index is 2.03. The number of ketones is 1. The van der Waals surface area contributed by atoms with Gasteiger partial charge in [0.1, 0.15) is 17.7 Å². The van der Waals surface area contributed by atoms with E-state index in [4.69, 9.17) is 14.1 Å². The van der Waals surface area contributed by atoms with Crippen molar-refractivity contribution >= 4 is 31.1 Å². The molecule has 2 heterocycles. The van der Waals surface area contributed by atoms with Gasteiger partial charge in [0.2, 0.25) is 0 Å². The van der Waals surface area contributed by atoms with Crippen molar-refractivity contribution in [2.75, 3.05) is 0 Å². The lowest BCUT2D eigenvalue weighted by Crippen LogP contribution is -2.52. The Hall–Kier alpha value is -2.25. The Bertz CT molecular complexity index is 1290. The van der Waals surface area contributed by atoms with Crippen molar-refractivity contribution in [2.24, 2.45) is 30.2 Å². The highest BCUT2D eigenvalue weighted by atomic mass is 28.4. The molecular weight excluding hydrogens is 540 g/mol. The number of imidazole rings is 1. The van der Waals surface area contributed by atoms with Gasteiger partial charge in [-0.3, -0.25) is 9.59 Å². The summed E-state index contributed by atoms with van der Waals surface area (Å²) in [6.45, 7) is 23.4. The number of Topliss-reactive ketones (excluding diaryl/α,β-unsaturated/α-hetero) is 1. The van der Waals surface area contributed by atoms with Crippen molar-refractivity contribution in [3.63, 3.8) is 0 Å². The van der Waals surface area contributed by atoms with Gasteiger partial charge < -0.3 is 13.7 Å². The number of benzene rings is 1. The topological polar surface area (TPSA) is 70.4 Å². The van der Waals surface area contributed by atoms with Gasteiger partial charge in [0, 0.05) is 24.8 Å². The molecule has 0 bridgehead atoms. The van der Waals surface area contributed by atoms with Crippen LogP contribution < -0.4 is 0 Å². The van der Waals surface area contributed by atoms with Gasteiger partial charge in [-0.25, -0.2) is 4.98 Å². The van der Waals surface area contributed by atoms with Crippen molar-refractivity contribution in [3.05, 3.63) is 41.7 Å². The van der Waals surface area contributed by atoms with Crippen LogP contribution >= 0.6 is 0 Å². The third-order valence-corrected chi connectivity index (χ3v) is 14.9. The van der Waals surface area contributed by atoms with E-state index in [1.165, 1.54) is 0 Å². The molecule has 0 aliphatic carbocycles. The smallest absolute Gasteiger partial charge is 0.309 e. The van der Waals surface area contributed by atoms with Gasteiger partial charge >= 0.3 is 5.97 Å². The second-order valence-electron chi connectivity index (χ2n) is 14.9. The number of carbonyl (C=O) groups is 2. The molecule has 42 heavy (non-hydrogen) atoms. The maximum absolute atomic E-state index is 14.2. The maximum atomic E-state index is 14.2. The fraction of sp³-hybridized carbons (Fsp3) is 0.686. The van der Waals surface area contributed by atoms with Crippen molar-refractivity contribution in [1.29, 1.82) is 0 Å². The van der Waals surface area contributed by atoms with Gasteiger partial charge in [-0.15, -0.1) is 0 Å². The number of rotatable bonds is 3. The molecule has 0 spiro atoms. The summed E-state index contributed by atoms with van der Waals surface area (Å²) in [5.74, 6) is 1.29. The molecule has 1 aromatic carbocycles. The standard InChI is InChI=1S/C35H56N2O4Si/c1-23-17-15-13-14-16-18-30(27-19-20-29-28(21-27)36-26(4)37(29)10)40-32(38)22-31(41-42(11,12)34(5,6)7)35(8,9)33(39)25(3)24(23)2/h14,16,19-21,23-25,30-31H,13,15,17-18,22H2,1-12H3/b16-14+/t23?,24-,25?,30-,31-/m0/s1. The van der Waals surface area contributed by atoms with Gasteiger partial charge in [0.25, 0.3) is 0 Å². The quantitative estimate of drug-likeness (QED) is 0.201. The molecule has 7 heteroatoms. The Morgan fingerprint density at radius 3 is 2.40 bits per heavy atom. The summed E-state index contributed by atoms with van der Waals surface area (Å²) in [5.41, 5.74) is 2.02. The Morgan fingerprint density at radius 1 is 1.10 bits per heavy atom. The second-order valence-corrected chi connectivity index (χ2v) is 19.6. The summed E-state index contributed by atoms with van der Waals surface area (Å²) in [4.78, 5) is 32.7. The van der Waals surface area contributed by atoms with Crippen LogP contribution in [0.2, 0.25) is 18.1 Å². The normalized spacial score (nSPS) is 28.0. The van der Waals surface area contributed by atoms with E-state index in [-0.39, 0.29) is 35.0 Å². The van der Waals surface area contributed by atoms with Crippen LogP contribution in [0.3, 0.4) is 0 Å². The number of hydrogen-bond acceptors (Lipinski definition) is 5. The van der Waals surface area contributed by atoms with E-state index >= 15 is 0 Å². The zero-order valence-corrected chi connectivity index (χ0v) is 29.3. The molecule has 0 fully saturated rings.